The topological polar surface area (TPSA) is 108 Å². The highest BCUT2D eigenvalue weighted by atomic mass is 16.5. The molecular formula is C18H27BN2O5. The van der Waals surface area contributed by atoms with Crippen molar-refractivity contribution in [2.45, 2.75) is 45.2 Å². The van der Waals surface area contributed by atoms with Crippen molar-refractivity contribution in [1.29, 1.82) is 0 Å². The number of amides is 2. The molecule has 2 amide bonds. The van der Waals surface area contributed by atoms with Crippen LogP contribution in [0.3, 0.4) is 0 Å². The maximum atomic E-state index is 12.3. The number of nitrogens with one attached hydrogen (secondary N) is 2. The number of rotatable bonds is 8. The van der Waals surface area contributed by atoms with E-state index in [4.69, 9.17) is 4.74 Å². The van der Waals surface area contributed by atoms with E-state index in [1.54, 1.807) is 0 Å². The molecule has 4 N–H and O–H groups in total. The minimum Gasteiger partial charge on any atom is -0.426 e. The predicted octanol–water partition coefficient (Wildman–Crippen LogP) is -0.0344. The molecule has 3 atom stereocenters. The molecular weight excluding hydrogens is 335 g/mol. The van der Waals surface area contributed by atoms with Gasteiger partial charge < -0.3 is 25.4 Å². The highest BCUT2D eigenvalue weighted by Gasteiger charge is 2.30. The summed E-state index contributed by atoms with van der Waals surface area (Å²) in [7, 11) is -1.72. The maximum Gasteiger partial charge on any atom is 0.475 e. The van der Waals surface area contributed by atoms with Gasteiger partial charge in [0.05, 0.1) is 12.0 Å². The molecule has 1 fully saturated rings. The van der Waals surface area contributed by atoms with Crippen molar-refractivity contribution < 1.29 is 24.4 Å². The van der Waals surface area contributed by atoms with Crippen LogP contribution < -0.4 is 10.6 Å². The lowest BCUT2D eigenvalue weighted by Crippen LogP contribution is -2.51. The summed E-state index contributed by atoms with van der Waals surface area (Å²) in [5.41, 5.74) is 1.96. The third-order valence-corrected chi connectivity index (χ3v) is 4.58. The van der Waals surface area contributed by atoms with Crippen molar-refractivity contribution in [3.63, 3.8) is 0 Å². The Labute approximate surface area is 154 Å². The molecule has 8 heteroatoms. The van der Waals surface area contributed by atoms with Crippen LogP contribution in [0.15, 0.2) is 24.3 Å². The van der Waals surface area contributed by atoms with E-state index in [1.165, 1.54) is 6.92 Å². The molecule has 26 heavy (non-hydrogen) atoms. The Bertz CT molecular complexity index is 602. The van der Waals surface area contributed by atoms with Crippen molar-refractivity contribution >= 4 is 18.9 Å². The summed E-state index contributed by atoms with van der Waals surface area (Å²) in [5, 5.41) is 24.4. The van der Waals surface area contributed by atoms with Gasteiger partial charge in [0.15, 0.2) is 0 Å². The van der Waals surface area contributed by atoms with Crippen LogP contribution in [0.5, 0.6) is 0 Å². The molecule has 2 unspecified atom stereocenters. The van der Waals surface area contributed by atoms with E-state index in [-0.39, 0.29) is 12.5 Å². The minimum atomic E-state index is -1.72. The van der Waals surface area contributed by atoms with Gasteiger partial charge in [0.25, 0.3) is 0 Å². The van der Waals surface area contributed by atoms with Crippen LogP contribution in [0, 0.1) is 12.8 Å². The Morgan fingerprint density at radius 2 is 1.96 bits per heavy atom. The van der Waals surface area contributed by atoms with Crippen LogP contribution in [0.2, 0.25) is 0 Å². The molecule has 0 radical (unpaired) electrons. The zero-order valence-electron chi connectivity index (χ0n) is 15.3. The predicted molar refractivity (Wildman–Crippen MR) is 98.2 cm³/mol. The van der Waals surface area contributed by atoms with Gasteiger partial charge in [0.2, 0.25) is 11.8 Å². The molecule has 1 aromatic rings. The molecule has 142 valence electrons. The average molecular weight is 362 g/mol. The fourth-order valence-corrected chi connectivity index (χ4v) is 2.81. The van der Waals surface area contributed by atoms with Crippen LogP contribution in [0.1, 0.15) is 30.9 Å². The number of carbonyl (C=O) groups excluding carboxylic acids is 2. The van der Waals surface area contributed by atoms with Gasteiger partial charge in [-0.1, -0.05) is 29.8 Å². The van der Waals surface area contributed by atoms with Crippen molar-refractivity contribution in [1.82, 2.24) is 10.6 Å². The molecule has 1 heterocycles. The van der Waals surface area contributed by atoms with E-state index in [9.17, 15) is 19.6 Å². The van der Waals surface area contributed by atoms with Crippen LogP contribution in [0.4, 0.5) is 0 Å². The summed E-state index contributed by atoms with van der Waals surface area (Å²) in [4.78, 5) is 24.5. The van der Waals surface area contributed by atoms with Gasteiger partial charge in [-0.25, -0.2) is 0 Å². The third-order valence-electron chi connectivity index (χ3n) is 4.58. The number of aryl methyl sites for hydroxylation is 1. The summed E-state index contributed by atoms with van der Waals surface area (Å²) in [6.07, 6.45) is 2.14. The normalized spacial score (nSPS) is 18.8. The molecule has 0 aliphatic carbocycles. The summed E-state index contributed by atoms with van der Waals surface area (Å²) in [6.45, 7) is 4.53. The zero-order chi connectivity index (χ0) is 19.1. The molecule has 2 rings (SSSR count). The monoisotopic (exact) mass is 362 g/mol. The molecule has 0 spiro atoms. The highest BCUT2D eigenvalue weighted by molar-refractivity contribution is 6.43. The number of benzene rings is 1. The molecule has 1 saturated heterocycles. The van der Waals surface area contributed by atoms with E-state index < -0.39 is 30.8 Å². The van der Waals surface area contributed by atoms with Gasteiger partial charge in [-0.05, 0) is 38.7 Å². The second-order valence-electron chi connectivity index (χ2n) is 6.82. The molecule has 0 aromatic heterocycles. The third kappa shape index (κ3) is 6.12. The standard InChI is InChI=1S/C18H27BN2O5/c1-12-5-7-14(8-6-12)10-16(19(24)25)21-18(23)13(2)17(22)20-11-15-4-3-9-26-15/h5-8,13,15-16,24-25H,3-4,9-11H2,1-2H3,(H,20,22)(H,21,23)/t13?,15?,16-/m0/s1. The van der Waals surface area contributed by atoms with Gasteiger partial charge in [-0.2, -0.15) is 0 Å². The summed E-state index contributed by atoms with van der Waals surface area (Å²) >= 11 is 0. The lowest BCUT2D eigenvalue weighted by molar-refractivity contribution is -0.135. The van der Waals surface area contributed by atoms with Gasteiger partial charge in [-0.3, -0.25) is 9.59 Å². The molecule has 1 aliphatic rings. The Morgan fingerprint density at radius 3 is 2.54 bits per heavy atom. The van der Waals surface area contributed by atoms with Crippen LogP contribution >= 0.6 is 0 Å². The first-order chi connectivity index (χ1) is 12.4. The van der Waals surface area contributed by atoms with Gasteiger partial charge in [-0.15, -0.1) is 0 Å². The first-order valence-corrected chi connectivity index (χ1v) is 8.98. The molecule has 0 saturated carbocycles. The molecule has 1 aromatic carbocycles. The fraction of sp³-hybridized carbons (Fsp3) is 0.556. The smallest absolute Gasteiger partial charge is 0.426 e. The van der Waals surface area contributed by atoms with E-state index in [0.717, 1.165) is 24.0 Å². The SMILES string of the molecule is Cc1ccc(C[C@H](NC(=O)C(C)C(=O)NCC2CCCO2)B(O)O)cc1. The maximum absolute atomic E-state index is 12.3. The number of hydrogen-bond acceptors (Lipinski definition) is 5. The number of ether oxygens (including phenoxy) is 1. The van der Waals surface area contributed by atoms with Gasteiger partial charge in [0.1, 0.15) is 5.92 Å². The van der Waals surface area contributed by atoms with Gasteiger partial charge >= 0.3 is 7.12 Å². The Kier molecular flexibility index (Phi) is 7.62. The van der Waals surface area contributed by atoms with Crippen molar-refractivity contribution in [2.75, 3.05) is 13.2 Å². The second-order valence-corrected chi connectivity index (χ2v) is 6.82. The van der Waals surface area contributed by atoms with Crippen molar-refractivity contribution in [3.05, 3.63) is 35.4 Å². The lowest BCUT2D eigenvalue weighted by Gasteiger charge is -2.21. The molecule has 7 nitrogen and oxygen atoms in total. The summed E-state index contributed by atoms with van der Waals surface area (Å²) in [6, 6.07) is 7.57. The Hall–Kier alpha value is -1.90. The number of carbonyl (C=O) groups is 2. The van der Waals surface area contributed by atoms with Crippen LogP contribution in [-0.4, -0.2) is 54.2 Å². The van der Waals surface area contributed by atoms with E-state index in [0.29, 0.717) is 13.2 Å². The summed E-state index contributed by atoms with van der Waals surface area (Å²) < 4.78 is 5.43. The largest absolute Gasteiger partial charge is 0.475 e. The zero-order valence-corrected chi connectivity index (χ0v) is 15.3. The number of hydrogen-bond donors (Lipinski definition) is 4. The van der Waals surface area contributed by atoms with Crippen molar-refractivity contribution in [2.24, 2.45) is 5.92 Å². The second kappa shape index (κ2) is 9.71. The Morgan fingerprint density at radius 1 is 1.27 bits per heavy atom. The Balaban J connectivity index is 1.86. The average Bonchev–Trinajstić information content (AvgIpc) is 3.13. The van der Waals surface area contributed by atoms with Crippen LogP contribution in [0.25, 0.3) is 0 Å². The molecule has 0 bridgehead atoms. The van der Waals surface area contributed by atoms with E-state index in [1.807, 2.05) is 31.2 Å². The first-order valence-electron chi connectivity index (χ1n) is 8.98. The van der Waals surface area contributed by atoms with Crippen molar-refractivity contribution in [3.8, 4) is 0 Å². The minimum absolute atomic E-state index is 0.00256. The van der Waals surface area contributed by atoms with E-state index in [2.05, 4.69) is 10.6 Å². The highest BCUT2D eigenvalue weighted by Crippen LogP contribution is 2.11. The molecule has 1 aliphatic heterocycles. The lowest BCUT2D eigenvalue weighted by atomic mass is 9.75. The van der Waals surface area contributed by atoms with Gasteiger partial charge in [0, 0.05) is 13.2 Å². The first kappa shape index (κ1) is 20.4. The summed E-state index contributed by atoms with van der Waals surface area (Å²) in [5.74, 6) is -2.77. The quantitative estimate of drug-likeness (QED) is 0.384. The van der Waals surface area contributed by atoms with E-state index >= 15 is 0 Å². The fourth-order valence-electron chi connectivity index (χ4n) is 2.81. The van der Waals surface area contributed by atoms with Crippen LogP contribution in [-0.2, 0) is 20.7 Å².